The lowest BCUT2D eigenvalue weighted by molar-refractivity contribution is 0.148. The average molecular weight is 273 g/mol. The number of urea groups is 1. The van der Waals surface area contributed by atoms with E-state index >= 15 is 0 Å². The van der Waals surface area contributed by atoms with Crippen LogP contribution in [0, 0.1) is 0 Å². The lowest BCUT2D eigenvalue weighted by Gasteiger charge is -2.10. The topological polar surface area (TPSA) is 79.5 Å². The van der Waals surface area contributed by atoms with Crippen molar-refractivity contribution < 1.29 is 14.3 Å². The molecule has 2 aromatic rings. The van der Waals surface area contributed by atoms with Crippen LogP contribution in [0.2, 0.25) is 0 Å². The third-order valence-electron chi connectivity index (χ3n) is 2.59. The number of hydrogen-bond acceptors (Lipinski definition) is 3. The van der Waals surface area contributed by atoms with E-state index in [4.69, 9.17) is 0 Å². The maximum absolute atomic E-state index is 11.7. The smallest absolute Gasteiger partial charge is 0.426 e. The highest BCUT2D eigenvalue weighted by Gasteiger charge is 2.06. The molecule has 0 fully saturated rings. The summed E-state index contributed by atoms with van der Waals surface area (Å²) in [6.45, 7) is 1.91. The minimum absolute atomic E-state index is 0.235. The number of benzene rings is 2. The molecule has 0 aliphatic rings. The molecule has 6 heteroatoms. The second-order valence-electron chi connectivity index (χ2n) is 3.95. The van der Waals surface area contributed by atoms with Gasteiger partial charge >= 0.3 is 12.1 Å². The van der Waals surface area contributed by atoms with Crippen LogP contribution in [0.5, 0.6) is 0 Å². The van der Waals surface area contributed by atoms with Crippen LogP contribution >= 0.6 is 0 Å². The molecule has 0 saturated heterocycles. The summed E-state index contributed by atoms with van der Waals surface area (Å²) in [5.41, 5.74) is 4.99. The number of rotatable bonds is 2. The molecule has 0 heterocycles. The largest absolute Gasteiger partial charge is 0.449 e. The van der Waals surface area contributed by atoms with Crippen LogP contribution in [-0.2, 0) is 4.74 Å². The van der Waals surface area contributed by atoms with Gasteiger partial charge in [0.1, 0.15) is 0 Å². The van der Waals surface area contributed by atoms with Gasteiger partial charge in [-0.15, -0.1) is 0 Å². The maximum Gasteiger partial charge on any atom is 0.426 e. The number of hydrogen-bond donors (Lipinski definition) is 3. The summed E-state index contributed by atoms with van der Waals surface area (Å²) in [6.07, 6.45) is -0.708. The molecule has 0 unspecified atom stereocenters. The van der Waals surface area contributed by atoms with E-state index in [-0.39, 0.29) is 6.61 Å². The Bertz CT molecular complexity index is 623. The first-order valence-electron chi connectivity index (χ1n) is 6.18. The van der Waals surface area contributed by atoms with Gasteiger partial charge in [-0.3, -0.25) is 0 Å². The summed E-state index contributed by atoms with van der Waals surface area (Å²) >= 11 is 0. The summed E-state index contributed by atoms with van der Waals surface area (Å²) in [4.78, 5) is 22.7. The van der Waals surface area contributed by atoms with Gasteiger partial charge < -0.3 is 10.1 Å². The van der Waals surface area contributed by atoms with Crippen LogP contribution in [0.15, 0.2) is 42.5 Å². The van der Waals surface area contributed by atoms with E-state index in [1.54, 1.807) is 13.0 Å². The van der Waals surface area contributed by atoms with Crippen LogP contribution in [0.1, 0.15) is 6.92 Å². The lowest BCUT2D eigenvalue weighted by atomic mass is 10.1. The van der Waals surface area contributed by atoms with Crippen molar-refractivity contribution in [3.8, 4) is 0 Å². The first-order valence-corrected chi connectivity index (χ1v) is 6.18. The second-order valence-corrected chi connectivity index (χ2v) is 3.95. The van der Waals surface area contributed by atoms with Gasteiger partial charge in [-0.1, -0.05) is 36.4 Å². The van der Waals surface area contributed by atoms with Gasteiger partial charge in [0.25, 0.3) is 0 Å². The fourth-order valence-corrected chi connectivity index (χ4v) is 1.76. The Labute approximate surface area is 116 Å². The SMILES string of the molecule is CCOC(=O)NNC(=O)Nc1cccc2ccccc12. The molecule has 0 atom stereocenters. The molecule has 2 aromatic carbocycles. The van der Waals surface area contributed by atoms with Crippen LogP contribution in [0.4, 0.5) is 15.3 Å². The van der Waals surface area contributed by atoms with Gasteiger partial charge in [0, 0.05) is 5.39 Å². The minimum atomic E-state index is -0.708. The first-order chi connectivity index (χ1) is 9.70. The molecule has 3 amide bonds. The molecule has 2 rings (SSSR count). The summed E-state index contributed by atoms with van der Waals surface area (Å²) in [7, 11) is 0. The van der Waals surface area contributed by atoms with E-state index in [2.05, 4.69) is 20.9 Å². The number of carbonyl (C=O) groups excluding carboxylic acids is 2. The molecule has 3 N–H and O–H groups in total. The van der Waals surface area contributed by atoms with Crippen LogP contribution < -0.4 is 16.2 Å². The van der Waals surface area contributed by atoms with Crippen LogP contribution in [0.25, 0.3) is 10.8 Å². The zero-order chi connectivity index (χ0) is 14.4. The Morgan fingerprint density at radius 2 is 1.80 bits per heavy atom. The minimum Gasteiger partial charge on any atom is -0.449 e. The van der Waals surface area contributed by atoms with Gasteiger partial charge in [-0.25, -0.2) is 20.4 Å². The molecule has 0 saturated carbocycles. The Hall–Kier alpha value is -2.76. The second kappa shape index (κ2) is 6.42. The normalized spacial score (nSPS) is 9.85. The number of hydrazine groups is 1. The Morgan fingerprint density at radius 1 is 1.05 bits per heavy atom. The van der Waals surface area contributed by atoms with E-state index in [9.17, 15) is 9.59 Å². The van der Waals surface area contributed by atoms with Gasteiger partial charge in [0.15, 0.2) is 0 Å². The van der Waals surface area contributed by atoms with Crippen LogP contribution in [0.3, 0.4) is 0 Å². The van der Waals surface area contributed by atoms with E-state index in [1.165, 1.54) is 0 Å². The van der Waals surface area contributed by atoms with Crippen molar-refractivity contribution in [2.75, 3.05) is 11.9 Å². The zero-order valence-electron chi connectivity index (χ0n) is 11.0. The van der Waals surface area contributed by atoms with Gasteiger partial charge in [-0.2, -0.15) is 0 Å². The first kappa shape index (κ1) is 13.7. The van der Waals surface area contributed by atoms with E-state index in [0.29, 0.717) is 5.69 Å². The molecular weight excluding hydrogens is 258 g/mol. The van der Waals surface area contributed by atoms with Crippen LogP contribution in [-0.4, -0.2) is 18.7 Å². The Morgan fingerprint density at radius 3 is 2.60 bits per heavy atom. The van der Waals surface area contributed by atoms with Gasteiger partial charge in [0.2, 0.25) is 0 Å². The van der Waals surface area contributed by atoms with Crippen molar-refractivity contribution in [2.24, 2.45) is 0 Å². The van der Waals surface area contributed by atoms with Gasteiger partial charge in [0.05, 0.1) is 12.3 Å². The summed E-state index contributed by atoms with van der Waals surface area (Å²) in [5, 5.41) is 4.60. The van der Waals surface area contributed by atoms with Crippen molar-refractivity contribution in [2.45, 2.75) is 6.92 Å². The third-order valence-corrected chi connectivity index (χ3v) is 2.59. The van der Waals surface area contributed by atoms with Crippen molar-refractivity contribution in [3.05, 3.63) is 42.5 Å². The Kier molecular flexibility index (Phi) is 4.39. The highest BCUT2D eigenvalue weighted by atomic mass is 16.6. The van der Waals surface area contributed by atoms with Gasteiger partial charge in [-0.05, 0) is 18.4 Å². The number of ether oxygens (including phenoxy) is 1. The molecule has 6 nitrogen and oxygen atoms in total. The molecule has 20 heavy (non-hydrogen) atoms. The molecule has 0 radical (unpaired) electrons. The molecule has 0 bridgehead atoms. The van der Waals surface area contributed by atoms with Crippen molar-refractivity contribution in [3.63, 3.8) is 0 Å². The highest BCUT2D eigenvalue weighted by molar-refractivity contribution is 6.01. The number of nitrogens with one attached hydrogen (secondary N) is 3. The predicted octanol–water partition coefficient (Wildman–Crippen LogP) is 2.62. The maximum atomic E-state index is 11.7. The number of fused-ring (bicyclic) bond motifs is 1. The summed E-state index contributed by atoms with van der Waals surface area (Å²) in [5.74, 6) is 0. The number of amides is 3. The molecule has 0 aliphatic heterocycles. The highest BCUT2D eigenvalue weighted by Crippen LogP contribution is 2.22. The molecule has 0 aliphatic carbocycles. The fraction of sp³-hybridized carbons (Fsp3) is 0.143. The van der Waals surface area contributed by atoms with Crippen molar-refractivity contribution in [1.29, 1.82) is 0 Å². The standard InChI is InChI=1S/C14H15N3O3/c1-2-20-14(19)17-16-13(18)15-12-9-5-7-10-6-3-4-8-11(10)12/h3-9H,2H2,1H3,(H,17,19)(H2,15,16,18). The van der Waals surface area contributed by atoms with E-state index in [0.717, 1.165) is 10.8 Å². The summed E-state index contributed by atoms with van der Waals surface area (Å²) < 4.78 is 4.62. The lowest BCUT2D eigenvalue weighted by Crippen LogP contribution is -2.44. The van der Waals surface area contributed by atoms with Crippen molar-refractivity contribution >= 4 is 28.6 Å². The van der Waals surface area contributed by atoms with E-state index < -0.39 is 12.1 Å². The zero-order valence-corrected chi connectivity index (χ0v) is 11.0. The Balaban J connectivity index is 2.01. The van der Waals surface area contributed by atoms with Crippen molar-refractivity contribution in [1.82, 2.24) is 10.9 Å². The fourth-order valence-electron chi connectivity index (χ4n) is 1.76. The summed E-state index contributed by atoms with van der Waals surface area (Å²) in [6, 6.07) is 12.7. The monoisotopic (exact) mass is 273 g/mol. The molecular formula is C14H15N3O3. The molecule has 0 aromatic heterocycles. The number of anilines is 1. The molecule has 104 valence electrons. The molecule has 0 spiro atoms. The van der Waals surface area contributed by atoms with E-state index in [1.807, 2.05) is 36.4 Å². The quantitative estimate of drug-likeness (QED) is 0.736. The predicted molar refractivity (Wildman–Crippen MR) is 76.3 cm³/mol. The third kappa shape index (κ3) is 3.38. The number of carbonyl (C=O) groups is 2. The average Bonchev–Trinajstić information content (AvgIpc) is 2.46.